The van der Waals surface area contributed by atoms with Crippen LogP contribution in [0.3, 0.4) is 0 Å². The Morgan fingerprint density at radius 3 is 3.05 bits per heavy atom. The van der Waals surface area contributed by atoms with Crippen LogP contribution in [0, 0.1) is 6.92 Å². The lowest BCUT2D eigenvalue weighted by atomic mass is 10.1. The molecule has 3 rings (SSSR count). The van der Waals surface area contributed by atoms with Gasteiger partial charge in [-0.05, 0) is 51.0 Å². The number of hydrogen-bond donors (Lipinski definition) is 1. The SMILES string of the molecule is CCOCC1CCCN1c1cc(C)nc2cc(N)ccc12. The number of pyridine rings is 1. The first-order valence-corrected chi connectivity index (χ1v) is 7.70. The molecule has 1 aromatic carbocycles. The summed E-state index contributed by atoms with van der Waals surface area (Å²) >= 11 is 0. The molecule has 1 aliphatic heterocycles. The van der Waals surface area contributed by atoms with E-state index in [4.69, 9.17) is 10.5 Å². The van der Waals surface area contributed by atoms with E-state index < -0.39 is 0 Å². The van der Waals surface area contributed by atoms with Gasteiger partial charge in [0.1, 0.15) is 0 Å². The number of aromatic nitrogens is 1. The minimum atomic E-state index is 0.465. The van der Waals surface area contributed by atoms with E-state index in [1.165, 1.54) is 23.9 Å². The molecule has 0 saturated carbocycles. The molecule has 21 heavy (non-hydrogen) atoms. The number of hydrogen-bond acceptors (Lipinski definition) is 4. The van der Waals surface area contributed by atoms with Gasteiger partial charge in [-0.2, -0.15) is 0 Å². The molecule has 1 fully saturated rings. The summed E-state index contributed by atoms with van der Waals surface area (Å²) in [5.74, 6) is 0. The zero-order chi connectivity index (χ0) is 14.8. The second-order valence-electron chi connectivity index (χ2n) is 5.71. The Morgan fingerprint density at radius 1 is 1.38 bits per heavy atom. The van der Waals surface area contributed by atoms with Crippen molar-refractivity contribution in [3.8, 4) is 0 Å². The first-order chi connectivity index (χ1) is 10.2. The minimum Gasteiger partial charge on any atom is -0.399 e. The van der Waals surface area contributed by atoms with Gasteiger partial charge in [0, 0.05) is 35.6 Å². The lowest BCUT2D eigenvalue weighted by Gasteiger charge is -2.28. The first kappa shape index (κ1) is 14.1. The van der Waals surface area contributed by atoms with Crippen LogP contribution in [-0.4, -0.2) is 30.8 Å². The highest BCUT2D eigenvalue weighted by atomic mass is 16.5. The third-order valence-electron chi connectivity index (χ3n) is 4.14. The Balaban J connectivity index is 2.02. The molecule has 0 spiro atoms. The van der Waals surface area contributed by atoms with E-state index in [0.29, 0.717) is 6.04 Å². The van der Waals surface area contributed by atoms with Gasteiger partial charge in [-0.25, -0.2) is 0 Å². The average Bonchev–Trinajstić information content (AvgIpc) is 2.91. The number of ether oxygens (including phenoxy) is 1. The minimum absolute atomic E-state index is 0.465. The van der Waals surface area contributed by atoms with Crippen molar-refractivity contribution in [2.75, 3.05) is 30.4 Å². The molecule has 0 amide bonds. The van der Waals surface area contributed by atoms with Gasteiger partial charge in [-0.15, -0.1) is 0 Å². The number of rotatable bonds is 4. The van der Waals surface area contributed by atoms with Gasteiger partial charge < -0.3 is 15.4 Å². The molecule has 1 atom stereocenters. The van der Waals surface area contributed by atoms with Crippen molar-refractivity contribution in [2.24, 2.45) is 0 Å². The van der Waals surface area contributed by atoms with Crippen LogP contribution in [0.5, 0.6) is 0 Å². The molecular weight excluding hydrogens is 262 g/mol. The maximum atomic E-state index is 5.90. The molecule has 2 heterocycles. The molecule has 4 nitrogen and oxygen atoms in total. The van der Waals surface area contributed by atoms with Crippen molar-refractivity contribution < 1.29 is 4.74 Å². The van der Waals surface area contributed by atoms with Gasteiger partial charge in [-0.3, -0.25) is 4.98 Å². The normalized spacial score (nSPS) is 18.6. The predicted molar refractivity (Wildman–Crippen MR) is 87.8 cm³/mol. The van der Waals surface area contributed by atoms with E-state index in [-0.39, 0.29) is 0 Å². The van der Waals surface area contributed by atoms with E-state index in [9.17, 15) is 0 Å². The summed E-state index contributed by atoms with van der Waals surface area (Å²) in [7, 11) is 0. The second kappa shape index (κ2) is 5.90. The molecule has 0 radical (unpaired) electrons. The van der Waals surface area contributed by atoms with Crippen molar-refractivity contribution in [2.45, 2.75) is 32.7 Å². The summed E-state index contributed by atoms with van der Waals surface area (Å²) in [4.78, 5) is 7.09. The van der Waals surface area contributed by atoms with Gasteiger partial charge in [-0.1, -0.05) is 0 Å². The molecule has 2 aromatic rings. The first-order valence-electron chi connectivity index (χ1n) is 7.70. The Morgan fingerprint density at radius 2 is 2.24 bits per heavy atom. The molecule has 2 N–H and O–H groups in total. The zero-order valence-electron chi connectivity index (χ0n) is 12.8. The Kier molecular flexibility index (Phi) is 3.97. The molecular formula is C17H23N3O. The zero-order valence-corrected chi connectivity index (χ0v) is 12.8. The fraction of sp³-hybridized carbons (Fsp3) is 0.471. The van der Waals surface area contributed by atoms with Gasteiger partial charge >= 0.3 is 0 Å². The standard InChI is InChI=1S/C17H23N3O/c1-3-21-11-14-5-4-8-20(14)17-9-12(2)19-16-10-13(18)6-7-15(16)17/h6-7,9-10,14H,3-5,8,11,18H2,1-2H3. The van der Waals surface area contributed by atoms with Crippen LogP contribution in [0.1, 0.15) is 25.5 Å². The maximum Gasteiger partial charge on any atom is 0.0746 e. The van der Waals surface area contributed by atoms with Crippen LogP contribution < -0.4 is 10.6 Å². The molecule has 0 aliphatic carbocycles. The largest absolute Gasteiger partial charge is 0.399 e. The molecule has 1 aromatic heterocycles. The maximum absolute atomic E-state index is 5.90. The topological polar surface area (TPSA) is 51.4 Å². The summed E-state index contributed by atoms with van der Waals surface area (Å²) in [6, 6.07) is 8.65. The molecule has 1 saturated heterocycles. The monoisotopic (exact) mass is 285 g/mol. The van der Waals surface area contributed by atoms with Crippen LogP contribution in [0.2, 0.25) is 0 Å². The third kappa shape index (κ3) is 2.81. The smallest absolute Gasteiger partial charge is 0.0746 e. The summed E-state index contributed by atoms with van der Waals surface area (Å²) in [6.07, 6.45) is 2.41. The Bertz CT molecular complexity index is 636. The Hall–Kier alpha value is -1.81. The van der Waals surface area contributed by atoms with E-state index in [1.54, 1.807) is 0 Å². The number of nitrogen functional groups attached to an aromatic ring is 1. The van der Waals surface area contributed by atoms with Gasteiger partial charge in [0.2, 0.25) is 0 Å². The van der Waals surface area contributed by atoms with Crippen molar-refractivity contribution >= 4 is 22.3 Å². The van der Waals surface area contributed by atoms with Crippen LogP contribution in [0.15, 0.2) is 24.3 Å². The molecule has 4 heteroatoms. The van der Waals surface area contributed by atoms with Crippen LogP contribution >= 0.6 is 0 Å². The second-order valence-corrected chi connectivity index (χ2v) is 5.71. The van der Waals surface area contributed by atoms with Crippen molar-refractivity contribution in [3.63, 3.8) is 0 Å². The number of anilines is 2. The summed E-state index contributed by atoms with van der Waals surface area (Å²) in [5, 5.41) is 1.18. The van der Waals surface area contributed by atoms with Crippen molar-refractivity contribution in [1.29, 1.82) is 0 Å². The quantitative estimate of drug-likeness (QED) is 0.877. The molecule has 0 bridgehead atoms. The van der Waals surface area contributed by atoms with Crippen molar-refractivity contribution in [1.82, 2.24) is 4.98 Å². The number of nitrogens with two attached hydrogens (primary N) is 1. The highest BCUT2D eigenvalue weighted by molar-refractivity contribution is 5.93. The average molecular weight is 285 g/mol. The van der Waals surface area contributed by atoms with Crippen molar-refractivity contribution in [3.05, 3.63) is 30.0 Å². The van der Waals surface area contributed by atoms with Crippen LogP contribution in [0.25, 0.3) is 10.9 Å². The number of nitrogens with zero attached hydrogens (tertiary/aromatic N) is 2. The Labute approximate surface area is 125 Å². The predicted octanol–water partition coefficient (Wildman–Crippen LogP) is 3.13. The van der Waals surface area contributed by atoms with Crippen LogP contribution in [-0.2, 0) is 4.74 Å². The lowest BCUT2D eigenvalue weighted by molar-refractivity contribution is 0.134. The van der Waals surface area contributed by atoms with Gasteiger partial charge in [0.05, 0.1) is 18.2 Å². The van der Waals surface area contributed by atoms with E-state index in [2.05, 4.69) is 22.0 Å². The number of benzene rings is 1. The van der Waals surface area contributed by atoms with E-state index in [0.717, 1.165) is 36.7 Å². The summed E-state index contributed by atoms with van der Waals surface area (Å²) in [6.45, 7) is 6.75. The molecule has 1 unspecified atom stereocenters. The number of aryl methyl sites for hydroxylation is 1. The molecule has 112 valence electrons. The highest BCUT2D eigenvalue weighted by Gasteiger charge is 2.26. The highest BCUT2D eigenvalue weighted by Crippen LogP contribution is 2.33. The lowest BCUT2D eigenvalue weighted by Crippen LogP contribution is -2.33. The fourth-order valence-corrected chi connectivity index (χ4v) is 3.17. The molecule has 1 aliphatic rings. The summed E-state index contributed by atoms with van der Waals surface area (Å²) in [5.41, 5.74) is 9.93. The fourth-order valence-electron chi connectivity index (χ4n) is 3.17. The van der Waals surface area contributed by atoms with E-state index in [1.807, 2.05) is 26.0 Å². The third-order valence-corrected chi connectivity index (χ3v) is 4.14. The summed E-state index contributed by atoms with van der Waals surface area (Å²) < 4.78 is 5.65. The van der Waals surface area contributed by atoms with Crippen LogP contribution in [0.4, 0.5) is 11.4 Å². The van der Waals surface area contributed by atoms with Gasteiger partial charge in [0.25, 0.3) is 0 Å². The van der Waals surface area contributed by atoms with E-state index >= 15 is 0 Å². The number of fused-ring (bicyclic) bond motifs is 1. The van der Waals surface area contributed by atoms with Gasteiger partial charge in [0.15, 0.2) is 0 Å².